The molecule has 1 aliphatic heterocycles. The summed E-state index contributed by atoms with van der Waals surface area (Å²) >= 11 is 6.84. The second kappa shape index (κ2) is 9.22. The summed E-state index contributed by atoms with van der Waals surface area (Å²) in [6.45, 7) is 0. The quantitative estimate of drug-likeness (QED) is 0.349. The Kier molecular flexibility index (Phi) is 6.31. The standard InChI is InChI=1S/C25H25F2NO3S2/c1-30-20-11-9-18(22(26)23(20)27)19-10-8-17(31-19)13-21-24(29)28(25(32)33-21)16-7-6-14-4-2-3-5-15(14)12-16/h8-11,13-16H,2-7,12H2,1H3/b21-13-. The van der Waals surface area contributed by atoms with E-state index in [9.17, 15) is 13.6 Å². The zero-order chi connectivity index (χ0) is 23.1. The summed E-state index contributed by atoms with van der Waals surface area (Å²) in [6, 6.07) is 6.10. The lowest BCUT2D eigenvalue weighted by Gasteiger charge is -2.41. The van der Waals surface area contributed by atoms with Crippen LogP contribution in [0.5, 0.6) is 5.75 Å². The second-order valence-corrected chi connectivity index (χ2v) is 10.6. The number of hydrogen-bond acceptors (Lipinski definition) is 5. The monoisotopic (exact) mass is 489 g/mol. The van der Waals surface area contributed by atoms with Crippen molar-refractivity contribution >= 4 is 40.3 Å². The highest BCUT2D eigenvalue weighted by Crippen LogP contribution is 2.45. The van der Waals surface area contributed by atoms with Crippen molar-refractivity contribution in [2.45, 2.75) is 51.0 Å². The summed E-state index contributed by atoms with van der Waals surface area (Å²) in [5.74, 6) is -0.324. The summed E-state index contributed by atoms with van der Waals surface area (Å²) in [5, 5.41) is 0. The lowest BCUT2D eigenvalue weighted by Crippen LogP contribution is -2.44. The average Bonchev–Trinajstić information content (AvgIpc) is 3.39. The van der Waals surface area contributed by atoms with Crippen LogP contribution in [0, 0.1) is 23.5 Å². The second-order valence-electron chi connectivity index (χ2n) is 8.97. The number of thioether (sulfide) groups is 1. The van der Waals surface area contributed by atoms with E-state index in [0.717, 1.165) is 25.2 Å². The maximum atomic E-state index is 14.4. The number of furan rings is 1. The molecular weight excluding hydrogens is 464 g/mol. The minimum absolute atomic E-state index is 0.00950. The van der Waals surface area contributed by atoms with E-state index in [0.29, 0.717) is 20.9 Å². The summed E-state index contributed by atoms with van der Waals surface area (Å²) in [4.78, 5) is 15.5. The number of carbonyl (C=O) groups excluding carboxylic acids is 1. The molecular formula is C25H25F2NO3S2. The number of nitrogens with zero attached hydrogens (tertiary/aromatic N) is 1. The van der Waals surface area contributed by atoms with E-state index in [1.165, 1.54) is 56.7 Å². The van der Waals surface area contributed by atoms with Crippen molar-refractivity contribution in [3.8, 4) is 17.1 Å². The van der Waals surface area contributed by atoms with Gasteiger partial charge in [0.25, 0.3) is 5.91 Å². The van der Waals surface area contributed by atoms with Crippen LogP contribution in [0.3, 0.4) is 0 Å². The molecule has 5 rings (SSSR count). The number of carbonyl (C=O) groups is 1. The molecule has 3 unspecified atom stereocenters. The van der Waals surface area contributed by atoms with E-state index in [1.54, 1.807) is 23.1 Å². The first kappa shape index (κ1) is 22.6. The third kappa shape index (κ3) is 4.23. The van der Waals surface area contributed by atoms with Gasteiger partial charge in [0, 0.05) is 12.1 Å². The van der Waals surface area contributed by atoms with Crippen molar-refractivity contribution in [3.63, 3.8) is 0 Å². The van der Waals surface area contributed by atoms with Crippen LogP contribution in [0.25, 0.3) is 17.4 Å². The van der Waals surface area contributed by atoms with Crippen molar-refractivity contribution in [2.75, 3.05) is 7.11 Å². The highest BCUT2D eigenvalue weighted by atomic mass is 32.2. The number of hydrogen-bond donors (Lipinski definition) is 0. The maximum Gasteiger partial charge on any atom is 0.266 e. The van der Waals surface area contributed by atoms with Gasteiger partial charge < -0.3 is 9.15 Å². The van der Waals surface area contributed by atoms with Crippen molar-refractivity contribution in [1.29, 1.82) is 0 Å². The molecule has 33 heavy (non-hydrogen) atoms. The number of amides is 1. The molecule has 2 saturated carbocycles. The number of benzene rings is 1. The van der Waals surface area contributed by atoms with Crippen molar-refractivity contribution in [1.82, 2.24) is 4.90 Å². The normalized spacial score (nSPS) is 26.7. The topological polar surface area (TPSA) is 42.7 Å². The molecule has 3 fully saturated rings. The number of thiocarbonyl (C=S) groups is 1. The van der Waals surface area contributed by atoms with Crippen LogP contribution >= 0.6 is 24.0 Å². The number of methoxy groups -OCH3 is 1. The maximum absolute atomic E-state index is 14.4. The third-order valence-electron chi connectivity index (χ3n) is 7.13. The molecule has 3 aliphatic rings. The number of rotatable bonds is 4. The van der Waals surface area contributed by atoms with Gasteiger partial charge in [-0.3, -0.25) is 9.69 Å². The molecule has 1 aromatic heterocycles. The van der Waals surface area contributed by atoms with Crippen molar-refractivity contribution < 1.29 is 22.7 Å². The van der Waals surface area contributed by atoms with Gasteiger partial charge in [-0.05, 0) is 55.4 Å². The minimum Gasteiger partial charge on any atom is -0.494 e. The predicted molar refractivity (Wildman–Crippen MR) is 129 cm³/mol. The Morgan fingerprint density at radius 3 is 2.67 bits per heavy atom. The smallest absolute Gasteiger partial charge is 0.266 e. The lowest BCUT2D eigenvalue weighted by atomic mass is 9.69. The van der Waals surface area contributed by atoms with Gasteiger partial charge in [0.05, 0.1) is 17.6 Å². The summed E-state index contributed by atoms with van der Waals surface area (Å²) in [7, 11) is 1.28. The molecule has 0 radical (unpaired) electrons. The van der Waals surface area contributed by atoms with Gasteiger partial charge in [-0.15, -0.1) is 0 Å². The molecule has 2 heterocycles. The molecule has 1 aromatic carbocycles. The van der Waals surface area contributed by atoms with Crippen molar-refractivity contribution in [2.24, 2.45) is 11.8 Å². The van der Waals surface area contributed by atoms with E-state index in [2.05, 4.69) is 0 Å². The van der Waals surface area contributed by atoms with Crippen molar-refractivity contribution in [3.05, 3.63) is 46.6 Å². The molecule has 0 N–H and O–H groups in total. The highest BCUT2D eigenvalue weighted by molar-refractivity contribution is 8.26. The molecule has 1 amide bonds. The Labute approximate surface area is 201 Å². The Morgan fingerprint density at radius 2 is 1.88 bits per heavy atom. The van der Waals surface area contributed by atoms with Gasteiger partial charge in [-0.25, -0.2) is 4.39 Å². The highest BCUT2D eigenvalue weighted by Gasteiger charge is 2.41. The Morgan fingerprint density at radius 1 is 1.09 bits per heavy atom. The Hall–Kier alpha value is -2.19. The van der Waals surface area contributed by atoms with Crippen LogP contribution in [0.15, 0.2) is 33.6 Å². The first-order valence-corrected chi connectivity index (χ1v) is 12.6. The summed E-state index contributed by atoms with van der Waals surface area (Å²) < 4.78 is 39.6. The molecule has 1 saturated heterocycles. The van der Waals surface area contributed by atoms with Gasteiger partial charge in [0.1, 0.15) is 15.8 Å². The zero-order valence-electron chi connectivity index (χ0n) is 18.3. The molecule has 2 aromatic rings. The van der Waals surface area contributed by atoms with Crippen LogP contribution in [0.1, 0.15) is 50.7 Å². The van der Waals surface area contributed by atoms with Crippen LogP contribution in [0.2, 0.25) is 0 Å². The molecule has 2 aliphatic carbocycles. The fourth-order valence-electron chi connectivity index (χ4n) is 5.46. The van der Waals surface area contributed by atoms with Gasteiger partial charge in [-0.2, -0.15) is 4.39 Å². The molecule has 0 spiro atoms. The predicted octanol–water partition coefficient (Wildman–Crippen LogP) is 6.79. The summed E-state index contributed by atoms with van der Waals surface area (Å²) in [5.41, 5.74) is -0.00950. The SMILES string of the molecule is COc1ccc(-c2ccc(/C=C3\SC(=S)N(C4CCC5CCCCC5C4)C3=O)o2)c(F)c1F. The molecule has 4 nitrogen and oxygen atoms in total. The molecule has 174 valence electrons. The van der Waals surface area contributed by atoms with Gasteiger partial charge in [0.15, 0.2) is 11.6 Å². The van der Waals surface area contributed by atoms with E-state index >= 15 is 0 Å². The number of ether oxygens (including phenoxy) is 1. The zero-order valence-corrected chi connectivity index (χ0v) is 19.9. The number of halogens is 2. The number of fused-ring (bicyclic) bond motifs is 1. The van der Waals surface area contributed by atoms with Gasteiger partial charge in [-0.1, -0.05) is 49.7 Å². The van der Waals surface area contributed by atoms with Gasteiger partial charge >= 0.3 is 0 Å². The van der Waals surface area contributed by atoms with E-state index in [4.69, 9.17) is 21.4 Å². The first-order chi connectivity index (χ1) is 16.0. The fourth-order valence-corrected chi connectivity index (χ4v) is 6.84. The Balaban J connectivity index is 1.34. The lowest BCUT2D eigenvalue weighted by molar-refractivity contribution is -0.124. The average molecular weight is 490 g/mol. The van der Waals surface area contributed by atoms with E-state index in [1.807, 2.05) is 0 Å². The summed E-state index contributed by atoms with van der Waals surface area (Å²) in [6.07, 6.45) is 9.99. The van der Waals surface area contributed by atoms with E-state index < -0.39 is 11.6 Å². The van der Waals surface area contributed by atoms with Crippen LogP contribution in [-0.2, 0) is 4.79 Å². The van der Waals surface area contributed by atoms with E-state index in [-0.39, 0.29) is 29.0 Å². The molecule has 3 atom stereocenters. The Bertz CT molecular complexity index is 1130. The molecule has 8 heteroatoms. The van der Waals surface area contributed by atoms with Gasteiger partial charge in [0.2, 0.25) is 5.82 Å². The molecule has 0 bridgehead atoms. The van der Waals surface area contributed by atoms with Crippen LogP contribution in [0.4, 0.5) is 8.78 Å². The van der Waals surface area contributed by atoms with Crippen LogP contribution < -0.4 is 4.74 Å². The van der Waals surface area contributed by atoms with Crippen LogP contribution in [-0.4, -0.2) is 28.3 Å². The first-order valence-electron chi connectivity index (χ1n) is 11.4. The minimum atomic E-state index is -1.07. The fraction of sp³-hybridized carbons (Fsp3) is 0.440. The largest absolute Gasteiger partial charge is 0.494 e. The third-order valence-corrected chi connectivity index (χ3v) is 8.46.